The van der Waals surface area contributed by atoms with Crippen LogP contribution in [0.5, 0.6) is 6.01 Å². The van der Waals surface area contributed by atoms with Gasteiger partial charge in [0, 0.05) is 42.4 Å². The van der Waals surface area contributed by atoms with Crippen LogP contribution < -0.4 is 15.0 Å². The number of rotatable bonds is 9. The molecule has 222 valence electrons. The molecule has 0 aliphatic heterocycles. The summed E-state index contributed by atoms with van der Waals surface area (Å²) in [4.78, 5) is 35.7. The van der Waals surface area contributed by atoms with Crippen molar-refractivity contribution in [3.8, 4) is 34.6 Å². The van der Waals surface area contributed by atoms with Crippen LogP contribution in [-0.2, 0) is 4.74 Å². The average Bonchev–Trinajstić information content (AvgIpc) is 3.46. The van der Waals surface area contributed by atoms with E-state index in [1.165, 1.54) is 30.6 Å². The molecule has 0 atom stereocenters. The Morgan fingerprint density at radius 3 is 2.58 bits per heavy atom. The van der Waals surface area contributed by atoms with Crippen LogP contribution in [0.4, 0.5) is 25.3 Å². The second kappa shape index (κ2) is 13.3. The molecule has 0 unspecified atom stereocenters. The molecular formula is C27H25ClF2N10O3. The molecule has 2 N–H and O–H groups in total. The Balaban J connectivity index is 1.32. The molecule has 1 amide bonds. The van der Waals surface area contributed by atoms with Crippen LogP contribution in [0.3, 0.4) is 0 Å². The molecule has 1 aliphatic rings. The molecule has 1 fully saturated rings. The molecule has 16 heteroatoms. The number of H-pyrrole nitrogens is 1. The number of hydrogen-bond donors (Lipinski definition) is 2. The summed E-state index contributed by atoms with van der Waals surface area (Å²) in [7, 11) is 1.46. The minimum absolute atomic E-state index is 0.0682. The number of hydrogen-bond acceptors (Lipinski definition) is 11. The van der Waals surface area contributed by atoms with Crippen LogP contribution in [0.2, 0.25) is 5.02 Å². The van der Waals surface area contributed by atoms with Gasteiger partial charge in [-0.05, 0) is 43.4 Å². The topological polar surface area (TPSA) is 168 Å². The first-order valence-electron chi connectivity index (χ1n) is 13.2. The van der Waals surface area contributed by atoms with Crippen LogP contribution in [0.25, 0.3) is 22.5 Å². The number of aromatic amines is 1. The third-order valence-corrected chi connectivity index (χ3v) is 7.08. The van der Waals surface area contributed by atoms with Gasteiger partial charge in [0.1, 0.15) is 23.3 Å². The number of pyridine rings is 1. The van der Waals surface area contributed by atoms with E-state index in [0.717, 1.165) is 0 Å². The van der Waals surface area contributed by atoms with Gasteiger partial charge in [0.2, 0.25) is 5.95 Å². The Labute approximate surface area is 249 Å². The zero-order chi connectivity index (χ0) is 30.3. The Morgan fingerprint density at radius 2 is 1.93 bits per heavy atom. The van der Waals surface area contributed by atoms with Gasteiger partial charge in [-0.25, -0.2) is 38.5 Å². The van der Waals surface area contributed by atoms with E-state index in [2.05, 4.69) is 40.4 Å². The lowest BCUT2D eigenvalue weighted by atomic mass is 9.90. The number of halogens is 3. The molecule has 0 aromatic carbocycles. The van der Waals surface area contributed by atoms with Gasteiger partial charge >= 0.3 is 12.1 Å². The van der Waals surface area contributed by atoms with E-state index < -0.39 is 19.1 Å². The second-order valence-electron chi connectivity index (χ2n) is 9.50. The average molecular weight is 611 g/mol. The Morgan fingerprint density at radius 1 is 1.16 bits per heavy atom. The molecule has 1 saturated carbocycles. The monoisotopic (exact) mass is 610 g/mol. The highest BCUT2D eigenvalue weighted by molar-refractivity contribution is 6.32. The van der Waals surface area contributed by atoms with Crippen molar-refractivity contribution in [2.45, 2.75) is 44.2 Å². The fourth-order valence-electron chi connectivity index (χ4n) is 4.75. The number of alkyl halides is 2. The molecule has 4 heterocycles. The molecular weight excluding hydrogens is 586 g/mol. The number of methoxy groups -OCH3 is 1. The van der Waals surface area contributed by atoms with E-state index in [-0.39, 0.29) is 29.5 Å². The maximum Gasteiger partial charge on any atom is 0.415 e. The third kappa shape index (κ3) is 6.92. The van der Waals surface area contributed by atoms with Crippen molar-refractivity contribution in [1.82, 2.24) is 35.1 Å². The maximum absolute atomic E-state index is 13.1. The van der Waals surface area contributed by atoms with Crippen LogP contribution in [0.15, 0.2) is 43.1 Å². The summed E-state index contributed by atoms with van der Waals surface area (Å²) in [5.41, 5.74) is 2.16. The van der Waals surface area contributed by atoms with Gasteiger partial charge in [-0.15, -0.1) is 0 Å². The van der Waals surface area contributed by atoms with Crippen molar-refractivity contribution in [3.05, 3.63) is 53.7 Å². The molecule has 1 aliphatic carbocycles. The molecule has 0 spiro atoms. The predicted octanol–water partition coefficient (Wildman–Crippen LogP) is 4.88. The summed E-state index contributed by atoms with van der Waals surface area (Å²) < 4.78 is 35.8. The van der Waals surface area contributed by atoms with Gasteiger partial charge in [0.05, 0.1) is 23.9 Å². The van der Waals surface area contributed by atoms with E-state index in [0.29, 0.717) is 59.2 Å². The van der Waals surface area contributed by atoms with Crippen molar-refractivity contribution in [2.75, 3.05) is 23.9 Å². The first-order valence-corrected chi connectivity index (χ1v) is 13.5. The number of aromatic nitrogens is 7. The molecule has 4 aromatic heterocycles. The number of amides is 1. The summed E-state index contributed by atoms with van der Waals surface area (Å²) >= 11 is 6.18. The normalized spacial score (nSPS) is 16.4. The second-order valence-corrected chi connectivity index (χ2v) is 9.91. The summed E-state index contributed by atoms with van der Waals surface area (Å²) in [6.45, 7) is -1.03. The van der Waals surface area contributed by atoms with Gasteiger partial charge in [-0.2, -0.15) is 10.4 Å². The van der Waals surface area contributed by atoms with Crippen molar-refractivity contribution in [1.29, 1.82) is 5.26 Å². The van der Waals surface area contributed by atoms with Gasteiger partial charge in [0.15, 0.2) is 6.61 Å². The summed E-state index contributed by atoms with van der Waals surface area (Å²) in [6.07, 6.45) is 6.01. The lowest BCUT2D eigenvalue weighted by Gasteiger charge is -2.36. The van der Waals surface area contributed by atoms with E-state index >= 15 is 0 Å². The van der Waals surface area contributed by atoms with E-state index in [1.807, 2.05) is 6.07 Å². The van der Waals surface area contributed by atoms with Gasteiger partial charge in [0.25, 0.3) is 6.43 Å². The Kier molecular flexibility index (Phi) is 9.16. The quantitative estimate of drug-likeness (QED) is 0.265. The Bertz CT molecular complexity index is 1610. The SMILES string of the molecule is COc1ncc(-c2ccnc(N(C(=O)OCC(F)F)[C@H]3CC[C@H](Nc4ncc(C#N)c(-c5n[nH]cc5Cl)n4)CC3)c2)cn1. The fourth-order valence-corrected chi connectivity index (χ4v) is 4.93. The highest BCUT2D eigenvalue weighted by Gasteiger charge is 2.33. The fraction of sp³-hybridized carbons (Fsp3) is 0.333. The number of ether oxygens (including phenoxy) is 2. The summed E-state index contributed by atoms with van der Waals surface area (Å²) in [5, 5.41) is 19.8. The zero-order valence-electron chi connectivity index (χ0n) is 22.7. The molecule has 0 bridgehead atoms. The summed E-state index contributed by atoms with van der Waals surface area (Å²) in [5.74, 6) is 0.542. The zero-order valence-corrected chi connectivity index (χ0v) is 23.5. The van der Waals surface area contributed by atoms with Gasteiger partial charge in [-0.3, -0.25) is 10.00 Å². The van der Waals surface area contributed by atoms with Crippen LogP contribution in [0, 0.1) is 11.3 Å². The molecule has 0 radical (unpaired) electrons. The third-order valence-electron chi connectivity index (χ3n) is 6.79. The van der Waals surface area contributed by atoms with Crippen molar-refractivity contribution in [3.63, 3.8) is 0 Å². The predicted molar refractivity (Wildman–Crippen MR) is 151 cm³/mol. The molecule has 4 aromatic rings. The number of anilines is 2. The molecule has 5 rings (SSSR count). The van der Waals surface area contributed by atoms with Crippen molar-refractivity contribution >= 4 is 29.5 Å². The van der Waals surface area contributed by atoms with Gasteiger partial charge < -0.3 is 14.8 Å². The molecule has 43 heavy (non-hydrogen) atoms. The van der Waals surface area contributed by atoms with Crippen LogP contribution in [0.1, 0.15) is 31.2 Å². The standard InChI is InChI=1S/C27H25ClF2N10O3/c1-42-26-34-11-17(12-35-26)15-6-7-32-22(8-15)40(27(41)43-14-21(29)30)19-4-2-18(3-5-19)37-25-33-10-16(9-31)23(38-25)24-20(28)13-36-39-24/h6-8,10-13,18-19,21H,2-5,14H2,1H3,(H,36,39)(H,33,37,38)/t18-,19-. The van der Waals surface area contributed by atoms with E-state index in [4.69, 9.17) is 21.1 Å². The number of nitrogens with zero attached hydrogens (tertiary/aromatic N) is 8. The highest BCUT2D eigenvalue weighted by Crippen LogP contribution is 2.32. The molecule has 0 saturated heterocycles. The lowest BCUT2D eigenvalue weighted by Crippen LogP contribution is -2.45. The minimum Gasteiger partial charge on any atom is -0.467 e. The number of nitriles is 1. The van der Waals surface area contributed by atoms with Crippen molar-refractivity contribution in [2.24, 2.45) is 0 Å². The number of carbonyl (C=O) groups excluding carboxylic acids is 1. The largest absolute Gasteiger partial charge is 0.467 e. The first kappa shape index (κ1) is 29.5. The van der Waals surface area contributed by atoms with Crippen molar-refractivity contribution < 1.29 is 23.0 Å². The first-order chi connectivity index (χ1) is 20.9. The van der Waals surface area contributed by atoms with E-state index in [1.54, 1.807) is 24.5 Å². The number of nitrogens with one attached hydrogen (secondary N) is 2. The number of carbonyl (C=O) groups is 1. The maximum atomic E-state index is 13.1. The van der Waals surface area contributed by atoms with Crippen LogP contribution in [-0.4, -0.2) is 73.4 Å². The van der Waals surface area contributed by atoms with E-state index in [9.17, 15) is 18.8 Å². The summed E-state index contributed by atoms with van der Waals surface area (Å²) in [6, 6.07) is 5.18. The lowest BCUT2D eigenvalue weighted by molar-refractivity contribution is 0.0505. The van der Waals surface area contributed by atoms with Gasteiger partial charge in [-0.1, -0.05) is 11.6 Å². The highest BCUT2D eigenvalue weighted by atomic mass is 35.5. The molecule has 13 nitrogen and oxygen atoms in total. The smallest absolute Gasteiger partial charge is 0.415 e. The minimum atomic E-state index is -2.81. The van der Waals surface area contributed by atoms with Crippen LogP contribution >= 0.6 is 11.6 Å². The Hall–Kier alpha value is -4.97.